The molecule has 1 fully saturated rings. The van der Waals surface area contributed by atoms with Crippen LogP contribution in [-0.4, -0.2) is 22.5 Å². The summed E-state index contributed by atoms with van der Waals surface area (Å²) >= 11 is 5.09. The van der Waals surface area contributed by atoms with Gasteiger partial charge in [-0.1, -0.05) is 48.5 Å². The molecule has 0 spiro atoms. The van der Waals surface area contributed by atoms with E-state index in [-0.39, 0.29) is 0 Å². The molecule has 8 heteroatoms. The number of hydrogen-bond acceptors (Lipinski definition) is 4. The topological polar surface area (TPSA) is 55.6 Å². The largest absolute Gasteiger partial charge is 0.356 e. The minimum absolute atomic E-state index is 0.432. The Morgan fingerprint density at radius 3 is 2.12 bits per heavy atom. The number of hydroxylamine groups is 1. The van der Waals surface area contributed by atoms with Crippen LogP contribution in [0.4, 0.5) is 14.5 Å². The summed E-state index contributed by atoms with van der Waals surface area (Å²) in [5, 5.41) is 8.79. The van der Waals surface area contributed by atoms with E-state index in [9.17, 15) is 18.9 Å². The molecule has 1 aliphatic heterocycles. The molecule has 1 aliphatic rings. The molecule has 2 aromatic rings. The molecule has 0 saturated carbocycles. The van der Waals surface area contributed by atoms with Crippen molar-refractivity contribution in [2.24, 2.45) is 0 Å². The van der Waals surface area contributed by atoms with Gasteiger partial charge in [0.25, 0.3) is 6.04 Å². The Balaban J connectivity index is 2.11. The maximum absolute atomic E-state index is 13.7. The molecular formula is C16H13ClF2N2O3. The molecule has 0 N–H and O–H groups in total. The van der Waals surface area contributed by atoms with Crippen molar-refractivity contribution in [2.75, 3.05) is 5.06 Å². The molecule has 1 saturated heterocycles. The third-order valence-electron chi connectivity index (χ3n) is 3.83. The number of nitrogens with zero attached hydrogens (tertiary/aromatic N) is 2. The summed E-state index contributed by atoms with van der Waals surface area (Å²) in [6.07, 6.45) is -2.08. The first kappa shape index (κ1) is 16.6. The lowest BCUT2D eigenvalue weighted by atomic mass is 9.96. The quantitative estimate of drug-likeness (QED) is 0.472. The smallest absolute Gasteiger partial charge is 0.264 e. The second-order valence-corrected chi connectivity index (χ2v) is 5.86. The van der Waals surface area contributed by atoms with Gasteiger partial charge in [0.1, 0.15) is 0 Å². The first-order valence-electron chi connectivity index (χ1n) is 7.16. The fourth-order valence-corrected chi connectivity index (χ4v) is 2.98. The molecule has 2 aromatic carbocycles. The van der Waals surface area contributed by atoms with Gasteiger partial charge in [0.15, 0.2) is 6.04 Å². The third-order valence-corrected chi connectivity index (χ3v) is 4.05. The number of halogens is 3. The number of para-hydroxylation sites is 1. The number of alkyl halides is 3. The highest BCUT2D eigenvalue weighted by Crippen LogP contribution is 2.45. The Hall–Kier alpha value is -2.25. The molecule has 1 heterocycles. The summed E-state index contributed by atoms with van der Waals surface area (Å²) in [5.74, 6) is 0. The second kappa shape index (κ2) is 6.33. The van der Waals surface area contributed by atoms with Gasteiger partial charge in [-0.2, -0.15) is 8.78 Å². The van der Waals surface area contributed by atoms with E-state index >= 15 is 0 Å². The van der Waals surface area contributed by atoms with Gasteiger partial charge in [-0.3, -0.25) is 15.0 Å². The highest BCUT2D eigenvalue weighted by molar-refractivity contribution is 6.22. The van der Waals surface area contributed by atoms with Gasteiger partial charge in [0.05, 0.1) is 5.69 Å². The number of nitro groups is 1. The lowest BCUT2D eigenvalue weighted by Gasteiger charge is -2.24. The molecule has 0 aliphatic carbocycles. The SMILES string of the molecule is O=[N+]([O-])[C@H]1[C@H](C(F)(F)Cl)ON(c2ccccc2)[C@H]1c1ccccc1. The number of hydrogen-bond donors (Lipinski definition) is 0. The average molecular weight is 355 g/mol. The van der Waals surface area contributed by atoms with E-state index in [1.54, 1.807) is 60.7 Å². The highest BCUT2D eigenvalue weighted by atomic mass is 35.5. The van der Waals surface area contributed by atoms with Gasteiger partial charge in [-0.25, -0.2) is 5.06 Å². The van der Waals surface area contributed by atoms with E-state index in [1.165, 1.54) is 0 Å². The second-order valence-electron chi connectivity index (χ2n) is 5.36. The minimum atomic E-state index is -3.88. The van der Waals surface area contributed by atoms with Gasteiger partial charge >= 0.3 is 5.38 Å². The van der Waals surface area contributed by atoms with Crippen LogP contribution in [0.3, 0.4) is 0 Å². The van der Waals surface area contributed by atoms with Gasteiger partial charge < -0.3 is 0 Å². The van der Waals surface area contributed by atoms with Crippen LogP contribution >= 0.6 is 11.6 Å². The zero-order valence-corrected chi connectivity index (χ0v) is 13.0. The molecule has 24 heavy (non-hydrogen) atoms. The Kier molecular flexibility index (Phi) is 4.38. The van der Waals surface area contributed by atoms with Crippen LogP contribution in [0.2, 0.25) is 0 Å². The molecular weight excluding hydrogens is 342 g/mol. The van der Waals surface area contributed by atoms with Crippen LogP contribution in [-0.2, 0) is 4.84 Å². The first-order valence-corrected chi connectivity index (χ1v) is 7.53. The molecule has 0 unspecified atom stereocenters. The van der Waals surface area contributed by atoms with E-state index in [2.05, 4.69) is 0 Å². The summed E-state index contributed by atoms with van der Waals surface area (Å²) < 4.78 is 27.5. The normalized spacial score (nSPS) is 24.1. The molecule has 0 aromatic heterocycles. The van der Waals surface area contributed by atoms with Gasteiger partial charge in [0.2, 0.25) is 6.10 Å². The zero-order valence-electron chi connectivity index (χ0n) is 12.3. The lowest BCUT2D eigenvalue weighted by Crippen LogP contribution is -2.42. The molecule has 0 bridgehead atoms. The molecule has 0 radical (unpaired) electrons. The Morgan fingerprint density at radius 1 is 1.08 bits per heavy atom. The van der Waals surface area contributed by atoms with E-state index in [0.717, 1.165) is 5.06 Å². The fraction of sp³-hybridized carbons (Fsp3) is 0.250. The van der Waals surface area contributed by atoms with Crippen molar-refractivity contribution in [1.29, 1.82) is 0 Å². The van der Waals surface area contributed by atoms with E-state index in [4.69, 9.17) is 16.4 Å². The summed E-state index contributed by atoms with van der Waals surface area (Å²) in [6.45, 7) is 0. The van der Waals surface area contributed by atoms with Crippen LogP contribution in [0.1, 0.15) is 11.6 Å². The van der Waals surface area contributed by atoms with E-state index in [1.807, 2.05) is 0 Å². The first-order chi connectivity index (χ1) is 11.4. The summed E-state index contributed by atoms with van der Waals surface area (Å²) in [4.78, 5) is 16.0. The van der Waals surface area contributed by atoms with Crippen LogP contribution in [0.25, 0.3) is 0 Å². The standard InChI is InChI=1S/C16H13ClF2N2O3/c17-16(18,19)15-14(21(22)23)13(11-7-3-1-4-8-11)20(24-15)12-9-5-2-6-10-12/h1-10,13-15H/t13-,14+,15+/m0/s1. The summed E-state index contributed by atoms with van der Waals surface area (Å²) in [5.41, 5.74) is 0.924. The maximum Gasteiger partial charge on any atom is 0.356 e. The molecule has 0 amide bonds. The van der Waals surface area contributed by atoms with Gasteiger partial charge in [0, 0.05) is 4.92 Å². The number of anilines is 1. The van der Waals surface area contributed by atoms with Gasteiger partial charge in [-0.05, 0) is 29.3 Å². The Labute approximate surface area is 141 Å². The van der Waals surface area contributed by atoms with Gasteiger partial charge in [-0.15, -0.1) is 0 Å². The fourth-order valence-electron chi connectivity index (χ4n) is 2.81. The Morgan fingerprint density at radius 2 is 1.62 bits per heavy atom. The van der Waals surface area contributed by atoms with Crippen LogP contribution in [0, 0.1) is 10.1 Å². The van der Waals surface area contributed by atoms with Crippen molar-refractivity contribution in [1.82, 2.24) is 0 Å². The maximum atomic E-state index is 13.7. The predicted octanol–water partition coefficient (Wildman–Crippen LogP) is 4.03. The highest BCUT2D eigenvalue weighted by Gasteiger charge is 2.62. The predicted molar refractivity (Wildman–Crippen MR) is 84.6 cm³/mol. The minimum Gasteiger partial charge on any atom is -0.264 e. The van der Waals surface area contributed by atoms with Crippen molar-refractivity contribution in [3.05, 3.63) is 76.3 Å². The van der Waals surface area contributed by atoms with Crippen LogP contribution < -0.4 is 5.06 Å². The van der Waals surface area contributed by atoms with Crippen molar-refractivity contribution in [2.45, 2.75) is 23.6 Å². The average Bonchev–Trinajstić information content (AvgIpc) is 2.97. The monoisotopic (exact) mass is 354 g/mol. The zero-order chi connectivity index (χ0) is 17.3. The van der Waals surface area contributed by atoms with E-state index in [0.29, 0.717) is 11.3 Å². The molecule has 5 nitrogen and oxygen atoms in total. The van der Waals surface area contributed by atoms with Crippen LogP contribution in [0.5, 0.6) is 0 Å². The van der Waals surface area contributed by atoms with Crippen molar-refractivity contribution in [3.8, 4) is 0 Å². The van der Waals surface area contributed by atoms with Crippen molar-refractivity contribution in [3.63, 3.8) is 0 Å². The van der Waals surface area contributed by atoms with Crippen LogP contribution in [0.15, 0.2) is 60.7 Å². The lowest BCUT2D eigenvalue weighted by molar-refractivity contribution is -0.533. The molecule has 3 rings (SSSR count). The summed E-state index contributed by atoms with van der Waals surface area (Å²) in [6, 6.07) is 14.0. The number of rotatable bonds is 4. The number of benzene rings is 2. The molecule has 126 valence electrons. The van der Waals surface area contributed by atoms with E-state index < -0.39 is 28.5 Å². The molecule has 3 atom stereocenters. The third kappa shape index (κ3) is 3.05. The van der Waals surface area contributed by atoms with Crippen molar-refractivity contribution >= 4 is 17.3 Å². The summed E-state index contributed by atoms with van der Waals surface area (Å²) in [7, 11) is 0. The Bertz CT molecular complexity index is 712. The van der Waals surface area contributed by atoms with Crippen molar-refractivity contribution < 1.29 is 18.5 Å².